The van der Waals surface area contributed by atoms with Crippen LogP contribution in [0.2, 0.25) is 0 Å². The maximum Gasteiger partial charge on any atom is 0.241 e. The zero-order chi connectivity index (χ0) is 14.8. The first-order chi connectivity index (χ1) is 9.29. The molecule has 2 rings (SSSR count). The quantitative estimate of drug-likeness (QED) is 0.893. The summed E-state index contributed by atoms with van der Waals surface area (Å²) in [6.45, 7) is -0.00155. The summed E-state index contributed by atoms with van der Waals surface area (Å²) in [5.74, 6) is 0.466. The molecule has 1 N–H and O–H groups in total. The molecule has 0 radical (unpaired) electrons. The van der Waals surface area contributed by atoms with E-state index in [4.69, 9.17) is 4.42 Å². The molecule has 1 aromatic carbocycles. The lowest BCUT2D eigenvalue weighted by molar-refractivity contribution is 0.498. The smallest absolute Gasteiger partial charge is 0.241 e. The van der Waals surface area contributed by atoms with E-state index in [0.29, 0.717) is 5.76 Å². The van der Waals surface area contributed by atoms with Crippen molar-refractivity contribution >= 4 is 19.9 Å². The van der Waals surface area contributed by atoms with Gasteiger partial charge in [-0.1, -0.05) is 6.07 Å². The van der Waals surface area contributed by atoms with Crippen LogP contribution in [-0.4, -0.2) is 23.1 Å². The average Bonchev–Trinajstić information content (AvgIpc) is 2.89. The van der Waals surface area contributed by atoms with Crippen LogP contribution < -0.4 is 4.72 Å². The van der Waals surface area contributed by atoms with E-state index in [1.54, 1.807) is 12.1 Å². The van der Waals surface area contributed by atoms with Gasteiger partial charge in [0.15, 0.2) is 9.84 Å². The van der Waals surface area contributed by atoms with Crippen LogP contribution in [0.4, 0.5) is 0 Å². The highest BCUT2D eigenvalue weighted by Crippen LogP contribution is 2.16. The molecule has 108 valence electrons. The van der Waals surface area contributed by atoms with E-state index in [0.717, 1.165) is 12.3 Å². The minimum atomic E-state index is -3.79. The van der Waals surface area contributed by atoms with E-state index in [1.807, 2.05) is 0 Å². The first-order valence-electron chi connectivity index (χ1n) is 5.61. The predicted octanol–water partition coefficient (Wildman–Crippen LogP) is 1.16. The summed E-state index contributed by atoms with van der Waals surface area (Å²) in [6.07, 6.45) is 2.46. The van der Waals surface area contributed by atoms with E-state index in [9.17, 15) is 16.8 Å². The van der Waals surface area contributed by atoms with Crippen LogP contribution in [0.15, 0.2) is 56.9 Å². The van der Waals surface area contributed by atoms with Crippen LogP contribution in [0.3, 0.4) is 0 Å². The number of nitrogens with one attached hydrogen (secondary N) is 1. The summed E-state index contributed by atoms with van der Waals surface area (Å²) in [6, 6.07) is 8.47. The Bertz CT molecular complexity index is 792. The topological polar surface area (TPSA) is 93.5 Å². The zero-order valence-corrected chi connectivity index (χ0v) is 12.2. The monoisotopic (exact) mass is 315 g/mol. The van der Waals surface area contributed by atoms with Gasteiger partial charge in [-0.2, -0.15) is 0 Å². The van der Waals surface area contributed by atoms with Gasteiger partial charge in [-0.25, -0.2) is 21.6 Å². The van der Waals surface area contributed by atoms with E-state index in [-0.39, 0.29) is 16.3 Å². The Balaban J connectivity index is 2.26. The highest BCUT2D eigenvalue weighted by Gasteiger charge is 2.17. The summed E-state index contributed by atoms with van der Waals surface area (Å²) in [5, 5.41) is 0. The van der Waals surface area contributed by atoms with Gasteiger partial charge in [0.25, 0.3) is 0 Å². The molecule has 0 saturated heterocycles. The summed E-state index contributed by atoms with van der Waals surface area (Å²) in [5.41, 5.74) is 0. The molecule has 0 saturated carbocycles. The van der Waals surface area contributed by atoms with E-state index >= 15 is 0 Å². The molecule has 0 aliphatic heterocycles. The van der Waals surface area contributed by atoms with Crippen LogP contribution in [0.25, 0.3) is 0 Å². The Morgan fingerprint density at radius 1 is 1.05 bits per heavy atom. The Hall–Kier alpha value is -1.64. The lowest BCUT2D eigenvalue weighted by Crippen LogP contribution is -2.23. The van der Waals surface area contributed by atoms with Crippen molar-refractivity contribution < 1.29 is 21.3 Å². The van der Waals surface area contributed by atoms with Crippen molar-refractivity contribution in [2.24, 2.45) is 0 Å². The third-order valence-electron chi connectivity index (χ3n) is 2.56. The molecular weight excluding hydrogens is 302 g/mol. The predicted molar refractivity (Wildman–Crippen MR) is 72.3 cm³/mol. The van der Waals surface area contributed by atoms with Gasteiger partial charge in [0.05, 0.1) is 22.6 Å². The lowest BCUT2D eigenvalue weighted by atomic mass is 10.4. The van der Waals surface area contributed by atoms with Crippen LogP contribution >= 0.6 is 0 Å². The molecule has 0 unspecified atom stereocenters. The highest BCUT2D eigenvalue weighted by molar-refractivity contribution is 7.91. The highest BCUT2D eigenvalue weighted by atomic mass is 32.2. The van der Waals surface area contributed by atoms with Crippen molar-refractivity contribution in [3.63, 3.8) is 0 Å². The van der Waals surface area contributed by atoms with Crippen molar-refractivity contribution in [2.75, 3.05) is 6.26 Å². The minimum absolute atomic E-state index is 0.00155. The van der Waals surface area contributed by atoms with Gasteiger partial charge in [-0.05, 0) is 30.3 Å². The molecule has 2 aromatic rings. The van der Waals surface area contributed by atoms with E-state index < -0.39 is 19.9 Å². The van der Waals surface area contributed by atoms with Crippen molar-refractivity contribution in [1.82, 2.24) is 4.72 Å². The molecule has 0 aliphatic carbocycles. The van der Waals surface area contributed by atoms with Gasteiger partial charge in [0.1, 0.15) is 5.76 Å². The molecule has 0 aliphatic rings. The van der Waals surface area contributed by atoms with Crippen LogP contribution in [0.5, 0.6) is 0 Å². The standard InChI is InChI=1S/C12H13NO5S2/c1-19(14,15)11-5-2-6-12(8-11)20(16,17)13-9-10-4-3-7-18-10/h2-8,13H,9H2,1H3. The van der Waals surface area contributed by atoms with Gasteiger partial charge in [-0.15, -0.1) is 0 Å². The van der Waals surface area contributed by atoms with Crippen molar-refractivity contribution in [3.05, 3.63) is 48.4 Å². The summed E-state index contributed by atoms with van der Waals surface area (Å²) >= 11 is 0. The maximum atomic E-state index is 12.1. The molecule has 0 spiro atoms. The fourth-order valence-electron chi connectivity index (χ4n) is 1.53. The molecule has 0 atom stereocenters. The summed E-state index contributed by atoms with van der Waals surface area (Å²) in [4.78, 5) is -0.148. The first kappa shape index (κ1) is 14.8. The van der Waals surface area contributed by atoms with Crippen molar-refractivity contribution in [1.29, 1.82) is 0 Å². The van der Waals surface area contributed by atoms with E-state index in [1.165, 1.54) is 24.5 Å². The number of sulfonamides is 1. The number of hydrogen-bond acceptors (Lipinski definition) is 5. The Morgan fingerprint density at radius 2 is 1.75 bits per heavy atom. The Labute approximate surface area is 117 Å². The minimum Gasteiger partial charge on any atom is -0.468 e. The lowest BCUT2D eigenvalue weighted by Gasteiger charge is -2.06. The second-order valence-electron chi connectivity index (χ2n) is 4.15. The molecule has 20 heavy (non-hydrogen) atoms. The summed E-state index contributed by atoms with van der Waals surface area (Å²) < 4.78 is 54.3. The van der Waals surface area contributed by atoms with Gasteiger partial charge in [0.2, 0.25) is 10.0 Å². The Kier molecular flexibility index (Phi) is 3.98. The van der Waals surface area contributed by atoms with E-state index in [2.05, 4.69) is 4.72 Å². The molecule has 0 bridgehead atoms. The fraction of sp³-hybridized carbons (Fsp3) is 0.167. The number of benzene rings is 1. The molecule has 8 heteroatoms. The molecule has 1 heterocycles. The molecule has 0 fully saturated rings. The number of hydrogen-bond donors (Lipinski definition) is 1. The average molecular weight is 315 g/mol. The maximum absolute atomic E-state index is 12.1. The van der Waals surface area contributed by atoms with Gasteiger partial charge < -0.3 is 4.42 Å². The summed E-state index contributed by atoms with van der Waals surface area (Å²) in [7, 11) is -7.25. The van der Waals surface area contributed by atoms with Crippen molar-refractivity contribution in [3.8, 4) is 0 Å². The normalized spacial score (nSPS) is 12.4. The fourth-order valence-corrected chi connectivity index (χ4v) is 3.31. The number of rotatable bonds is 5. The zero-order valence-electron chi connectivity index (χ0n) is 10.6. The van der Waals surface area contributed by atoms with Gasteiger partial charge >= 0.3 is 0 Å². The van der Waals surface area contributed by atoms with Crippen LogP contribution in [0.1, 0.15) is 5.76 Å². The molecular formula is C12H13NO5S2. The SMILES string of the molecule is CS(=O)(=O)c1cccc(S(=O)(=O)NCc2ccco2)c1. The van der Waals surface area contributed by atoms with Crippen LogP contribution in [-0.2, 0) is 26.4 Å². The second kappa shape index (κ2) is 5.39. The van der Waals surface area contributed by atoms with Gasteiger partial charge in [-0.3, -0.25) is 0 Å². The van der Waals surface area contributed by atoms with Crippen LogP contribution in [0, 0.1) is 0 Å². The third kappa shape index (κ3) is 3.47. The largest absolute Gasteiger partial charge is 0.468 e. The first-order valence-corrected chi connectivity index (χ1v) is 8.99. The second-order valence-corrected chi connectivity index (χ2v) is 7.93. The molecule has 1 aromatic heterocycles. The third-order valence-corrected chi connectivity index (χ3v) is 5.07. The number of sulfone groups is 1. The molecule has 6 nitrogen and oxygen atoms in total. The molecule has 0 amide bonds. The Morgan fingerprint density at radius 3 is 2.35 bits per heavy atom. The number of furan rings is 1. The van der Waals surface area contributed by atoms with Gasteiger partial charge in [0, 0.05) is 6.26 Å². The van der Waals surface area contributed by atoms with Crippen molar-refractivity contribution in [2.45, 2.75) is 16.3 Å².